The summed E-state index contributed by atoms with van der Waals surface area (Å²) >= 11 is 5.95. The van der Waals surface area contributed by atoms with Crippen LogP contribution in [0, 0.1) is 0 Å². The van der Waals surface area contributed by atoms with Crippen molar-refractivity contribution in [2.75, 3.05) is 10.6 Å². The fraction of sp³-hybridized carbons (Fsp3) is 0.0400. The first-order valence-corrected chi connectivity index (χ1v) is 10.3. The Labute approximate surface area is 185 Å². The van der Waals surface area contributed by atoms with Gasteiger partial charge in [-0.1, -0.05) is 72.3 Å². The topological polar surface area (TPSA) is 59.0 Å². The Morgan fingerprint density at radius 2 is 1.61 bits per heavy atom. The van der Waals surface area contributed by atoms with Crippen LogP contribution in [-0.2, 0) is 0 Å². The molecule has 1 atom stereocenters. The summed E-state index contributed by atoms with van der Waals surface area (Å²) in [5.74, 6) is 0.416. The molecule has 1 aromatic heterocycles. The maximum atomic E-state index is 13.1. The summed E-state index contributed by atoms with van der Waals surface area (Å²) in [5, 5.41) is 11.5. The second-order valence-corrected chi connectivity index (χ2v) is 7.68. The number of fused-ring (bicyclic) bond motifs is 1. The number of allylic oxidation sites excluding steroid dienone is 1. The van der Waals surface area contributed by atoms with E-state index in [1.807, 2.05) is 53.2 Å². The number of carbonyl (C=O) groups is 1. The van der Waals surface area contributed by atoms with Gasteiger partial charge in [-0.2, -0.15) is 5.10 Å². The zero-order valence-electron chi connectivity index (χ0n) is 16.5. The lowest BCUT2D eigenvalue weighted by Gasteiger charge is -2.26. The van der Waals surface area contributed by atoms with Crippen molar-refractivity contribution in [1.29, 1.82) is 0 Å². The summed E-state index contributed by atoms with van der Waals surface area (Å²) in [5.41, 5.74) is 4.20. The Morgan fingerprint density at radius 1 is 0.935 bits per heavy atom. The molecule has 0 saturated carbocycles. The lowest BCUT2D eigenvalue weighted by Crippen LogP contribution is -2.22. The number of nitrogens with zero attached hydrogens (tertiary/aromatic N) is 2. The van der Waals surface area contributed by atoms with Gasteiger partial charge in [-0.25, -0.2) is 4.68 Å². The van der Waals surface area contributed by atoms with E-state index in [9.17, 15) is 4.79 Å². The van der Waals surface area contributed by atoms with Crippen LogP contribution >= 0.6 is 11.6 Å². The molecule has 2 heterocycles. The summed E-state index contributed by atoms with van der Waals surface area (Å²) in [6.07, 6.45) is 3.73. The largest absolute Gasteiger partial charge is 0.339 e. The number of halogens is 1. The molecule has 5 rings (SSSR count). The standard InChI is InChI=1S/C25H19ClN4O/c26-19-11-13-20(14-12-19)28-25(31)21-16-27-30-23(18-9-5-2-6-10-18)15-22(29-24(21)30)17-7-3-1-4-8-17/h1-16,23,29H,(H,28,31). The van der Waals surface area contributed by atoms with Gasteiger partial charge in [0.05, 0.1) is 12.2 Å². The molecule has 3 aromatic carbocycles. The van der Waals surface area contributed by atoms with Crippen LogP contribution in [0.2, 0.25) is 5.02 Å². The van der Waals surface area contributed by atoms with E-state index in [0.29, 0.717) is 22.1 Å². The van der Waals surface area contributed by atoms with Crippen molar-refractivity contribution in [3.63, 3.8) is 0 Å². The number of rotatable bonds is 4. The summed E-state index contributed by atoms with van der Waals surface area (Å²) in [4.78, 5) is 13.1. The fourth-order valence-corrected chi connectivity index (χ4v) is 3.79. The number of nitrogens with one attached hydrogen (secondary N) is 2. The predicted octanol–water partition coefficient (Wildman–Crippen LogP) is 5.84. The van der Waals surface area contributed by atoms with Gasteiger partial charge in [0.2, 0.25) is 0 Å². The Hall–Kier alpha value is -3.83. The van der Waals surface area contributed by atoms with Crippen molar-refractivity contribution < 1.29 is 4.79 Å². The van der Waals surface area contributed by atoms with Crippen molar-refractivity contribution in [2.24, 2.45) is 0 Å². The molecule has 1 aliphatic heterocycles. The van der Waals surface area contributed by atoms with E-state index in [0.717, 1.165) is 16.8 Å². The first-order chi connectivity index (χ1) is 15.2. The molecule has 4 aromatic rings. The Kier molecular flexibility index (Phi) is 5.02. The molecule has 152 valence electrons. The molecule has 0 bridgehead atoms. The SMILES string of the molecule is O=C(Nc1ccc(Cl)cc1)c1cnn2c1NC(c1ccccc1)=CC2c1ccccc1. The van der Waals surface area contributed by atoms with Crippen LogP contribution in [0.5, 0.6) is 0 Å². The van der Waals surface area contributed by atoms with Crippen LogP contribution in [0.4, 0.5) is 11.5 Å². The van der Waals surface area contributed by atoms with Gasteiger partial charge < -0.3 is 10.6 Å². The average Bonchev–Trinajstić information content (AvgIpc) is 3.25. The van der Waals surface area contributed by atoms with Gasteiger partial charge in [0.15, 0.2) is 0 Å². The molecule has 1 aliphatic rings. The van der Waals surface area contributed by atoms with Gasteiger partial charge in [0.25, 0.3) is 5.91 Å². The van der Waals surface area contributed by atoms with E-state index in [4.69, 9.17) is 11.6 Å². The number of hydrogen-bond acceptors (Lipinski definition) is 3. The molecule has 0 spiro atoms. The lowest BCUT2D eigenvalue weighted by molar-refractivity contribution is 0.102. The van der Waals surface area contributed by atoms with Gasteiger partial charge in [0.1, 0.15) is 11.4 Å². The minimum Gasteiger partial charge on any atom is -0.339 e. The van der Waals surface area contributed by atoms with E-state index < -0.39 is 0 Å². The number of hydrogen-bond donors (Lipinski definition) is 2. The van der Waals surface area contributed by atoms with E-state index in [2.05, 4.69) is 33.9 Å². The van der Waals surface area contributed by atoms with Crippen LogP contribution in [0.15, 0.2) is 97.2 Å². The lowest BCUT2D eigenvalue weighted by atomic mass is 10.0. The van der Waals surface area contributed by atoms with Crippen molar-refractivity contribution in [3.8, 4) is 0 Å². The molecular weight excluding hydrogens is 408 g/mol. The minimum atomic E-state index is -0.239. The third-order valence-electron chi connectivity index (χ3n) is 5.21. The average molecular weight is 427 g/mol. The van der Waals surface area contributed by atoms with Gasteiger partial charge in [0, 0.05) is 16.4 Å². The third-order valence-corrected chi connectivity index (χ3v) is 5.46. The highest BCUT2D eigenvalue weighted by molar-refractivity contribution is 6.30. The normalized spacial score (nSPS) is 14.9. The summed E-state index contributed by atoms with van der Waals surface area (Å²) in [6.45, 7) is 0. The Morgan fingerprint density at radius 3 is 2.32 bits per heavy atom. The molecule has 6 heteroatoms. The number of aromatic nitrogens is 2. The molecule has 5 nitrogen and oxygen atoms in total. The summed E-state index contributed by atoms with van der Waals surface area (Å²) in [7, 11) is 0. The molecule has 0 saturated heterocycles. The Balaban J connectivity index is 1.54. The first-order valence-electron chi connectivity index (χ1n) is 9.93. The quantitative estimate of drug-likeness (QED) is 0.430. The van der Waals surface area contributed by atoms with Crippen LogP contribution in [-0.4, -0.2) is 15.7 Å². The molecule has 2 N–H and O–H groups in total. The molecular formula is C25H19ClN4O. The number of amides is 1. The van der Waals surface area contributed by atoms with Gasteiger partial charge in [-0.15, -0.1) is 0 Å². The van der Waals surface area contributed by atoms with Crippen LogP contribution < -0.4 is 10.6 Å². The van der Waals surface area contributed by atoms with E-state index >= 15 is 0 Å². The maximum absolute atomic E-state index is 13.1. The van der Waals surface area contributed by atoms with Crippen LogP contribution in [0.3, 0.4) is 0 Å². The smallest absolute Gasteiger partial charge is 0.261 e. The van der Waals surface area contributed by atoms with Crippen LogP contribution in [0.1, 0.15) is 27.5 Å². The third kappa shape index (κ3) is 3.83. The number of benzene rings is 3. The molecule has 0 fully saturated rings. The number of anilines is 2. The van der Waals surface area contributed by atoms with Crippen molar-refractivity contribution in [3.05, 3.63) is 119 Å². The Bertz CT molecular complexity index is 1250. The van der Waals surface area contributed by atoms with E-state index in [-0.39, 0.29) is 11.9 Å². The minimum absolute atomic E-state index is 0.135. The monoisotopic (exact) mass is 426 g/mol. The van der Waals surface area contributed by atoms with Crippen molar-refractivity contribution in [1.82, 2.24) is 9.78 Å². The van der Waals surface area contributed by atoms with Crippen molar-refractivity contribution >= 4 is 34.7 Å². The molecule has 1 amide bonds. The van der Waals surface area contributed by atoms with Gasteiger partial charge >= 0.3 is 0 Å². The highest BCUT2D eigenvalue weighted by Crippen LogP contribution is 2.35. The molecule has 0 aliphatic carbocycles. The molecule has 31 heavy (non-hydrogen) atoms. The second-order valence-electron chi connectivity index (χ2n) is 7.24. The second kappa shape index (κ2) is 8.13. The predicted molar refractivity (Wildman–Crippen MR) is 124 cm³/mol. The van der Waals surface area contributed by atoms with Crippen molar-refractivity contribution in [2.45, 2.75) is 6.04 Å². The van der Waals surface area contributed by atoms with Gasteiger partial charge in [-0.3, -0.25) is 4.79 Å². The van der Waals surface area contributed by atoms with Crippen LogP contribution in [0.25, 0.3) is 5.70 Å². The molecule has 1 unspecified atom stereocenters. The summed E-state index contributed by atoms with van der Waals surface area (Å²) in [6, 6.07) is 27.1. The highest BCUT2D eigenvalue weighted by Gasteiger charge is 2.27. The van der Waals surface area contributed by atoms with Gasteiger partial charge in [-0.05, 0) is 41.5 Å². The fourth-order valence-electron chi connectivity index (χ4n) is 3.67. The maximum Gasteiger partial charge on any atom is 0.261 e. The highest BCUT2D eigenvalue weighted by atomic mass is 35.5. The molecule has 0 radical (unpaired) electrons. The van der Waals surface area contributed by atoms with E-state index in [1.165, 1.54) is 0 Å². The first kappa shape index (κ1) is 19.2. The summed E-state index contributed by atoms with van der Waals surface area (Å²) < 4.78 is 1.85. The zero-order chi connectivity index (χ0) is 21.2. The zero-order valence-corrected chi connectivity index (χ0v) is 17.3. The number of carbonyl (C=O) groups excluding carboxylic acids is 1. The van der Waals surface area contributed by atoms with E-state index in [1.54, 1.807) is 30.5 Å².